The molecule has 0 aromatic carbocycles. The second kappa shape index (κ2) is 5.72. The van der Waals surface area contributed by atoms with Crippen LogP contribution in [0.2, 0.25) is 0 Å². The highest BCUT2D eigenvalue weighted by Gasteiger charge is 2.25. The number of aliphatic hydroxyl groups is 1. The summed E-state index contributed by atoms with van der Waals surface area (Å²) in [6.07, 6.45) is 6.07. The molecule has 0 bridgehead atoms. The Hall–Kier alpha value is -0.0800. The first-order valence-electron chi connectivity index (χ1n) is 6.09. The second-order valence-corrected chi connectivity index (χ2v) is 4.73. The van der Waals surface area contributed by atoms with E-state index in [0.29, 0.717) is 6.04 Å². The molecule has 1 N–H and O–H groups in total. The van der Waals surface area contributed by atoms with E-state index in [1.165, 1.54) is 32.2 Å². The molecule has 1 aliphatic heterocycles. The van der Waals surface area contributed by atoms with Gasteiger partial charge in [0.25, 0.3) is 0 Å². The molecule has 84 valence electrons. The minimum absolute atomic E-state index is 0.163. The van der Waals surface area contributed by atoms with Gasteiger partial charge in [0, 0.05) is 12.1 Å². The van der Waals surface area contributed by atoms with Gasteiger partial charge in [-0.1, -0.05) is 13.3 Å². The van der Waals surface area contributed by atoms with Crippen LogP contribution in [0.15, 0.2) is 0 Å². The highest BCUT2D eigenvalue weighted by Crippen LogP contribution is 2.23. The molecule has 2 heteroatoms. The lowest BCUT2D eigenvalue weighted by molar-refractivity contribution is 0.0650. The van der Waals surface area contributed by atoms with Gasteiger partial charge in [0.15, 0.2) is 0 Å². The average molecular weight is 199 g/mol. The van der Waals surface area contributed by atoms with Gasteiger partial charge in [0.05, 0.1) is 6.10 Å². The van der Waals surface area contributed by atoms with Crippen molar-refractivity contribution < 1.29 is 5.11 Å². The van der Waals surface area contributed by atoms with Crippen LogP contribution in [-0.2, 0) is 0 Å². The van der Waals surface area contributed by atoms with Gasteiger partial charge in [-0.3, -0.25) is 4.90 Å². The molecule has 3 atom stereocenters. The summed E-state index contributed by atoms with van der Waals surface area (Å²) in [5.41, 5.74) is 0. The Morgan fingerprint density at radius 2 is 2.07 bits per heavy atom. The summed E-state index contributed by atoms with van der Waals surface area (Å²) in [5.74, 6) is 0. The van der Waals surface area contributed by atoms with Gasteiger partial charge in [-0.05, 0) is 46.1 Å². The van der Waals surface area contributed by atoms with E-state index in [2.05, 4.69) is 18.7 Å². The van der Waals surface area contributed by atoms with E-state index in [-0.39, 0.29) is 6.10 Å². The predicted molar refractivity (Wildman–Crippen MR) is 60.4 cm³/mol. The van der Waals surface area contributed by atoms with Crippen molar-refractivity contribution >= 4 is 0 Å². The van der Waals surface area contributed by atoms with Crippen molar-refractivity contribution in [3.05, 3.63) is 0 Å². The van der Waals surface area contributed by atoms with Crippen LogP contribution in [-0.4, -0.2) is 34.7 Å². The molecular formula is C12H25NO. The van der Waals surface area contributed by atoms with Crippen LogP contribution in [0.1, 0.15) is 52.9 Å². The van der Waals surface area contributed by atoms with Gasteiger partial charge in [-0.2, -0.15) is 0 Å². The number of piperidine rings is 1. The third-order valence-electron chi connectivity index (χ3n) is 3.39. The normalized spacial score (nSPS) is 28.7. The molecular weight excluding hydrogens is 174 g/mol. The summed E-state index contributed by atoms with van der Waals surface area (Å²) in [7, 11) is 0. The van der Waals surface area contributed by atoms with Crippen molar-refractivity contribution in [1.82, 2.24) is 4.90 Å². The molecule has 0 spiro atoms. The number of aliphatic hydroxyl groups excluding tert-OH is 1. The summed E-state index contributed by atoms with van der Waals surface area (Å²) < 4.78 is 0. The minimum Gasteiger partial charge on any atom is -0.393 e. The molecule has 0 aliphatic carbocycles. The van der Waals surface area contributed by atoms with Crippen molar-refractivity contribution in [2.45, 2.75) is 71.1 Å². The van der Waals surface area contributed by atoms with E-state index in [4.69, 9.17) is 0 Å². The molecule has 0 amide bonds. The number of nitrogens with zero attached hydrogens (tertiary/aromatic N) is 1. The lowest BCUT2D eigenvalue weighted by Gasteiger charge is -2.40. The van der Waals surface area contributed by atoms with Crippen molar-refractivity contribution in [3.8, 4) is 0 Å². The maximum atomic E-state index is 9.39. The largest absolute Gasteiger partial charge is 0.393 e. The molecule has 1 saturated heterocycles. The van der Waals surface area contributed by atoms with Crippen molar-refractivity contribution in [2.75, 3.05) is 6.54 Å². The van der Waals surface area contributed by atoms with Crippen LogP contribution in [0.3, 0.4) is 0 Å². The van der Waals surface area contributed by atoms with Crippen LogP contribution in [0.4, 0.5) is 0 Å². The standard InChI is InChI=1S/C12H25NO/c1-4-12-7-5-6-8-13(12)10(2)9-11(3)14/h10-12,14H,4-9H2,1-3H3. The maximum absolute atomic E-state index is 9.39. The first-order valence-corrected chi connectivity index (χ1v) is 6.09. The number of rotatable bonds is 4. The first-order chi connectivity index (χ1) is 6.65. The summed E-state index contributed by atoms with van der Waals surface area (Å²) in [6.45, 7) is 7.65. The number of hydrogen-bond donors (Lipinski definition) is 1. The smallest absolute Gasteiger partial charge is 0.0526 e. The zero-order valence-electron chi connectivity index (χ0n) is 9.87. The zero-order chi connectivity index (χ0) is 10.6. The van der Waals surface area contributed by atoms with Gasteiger partial charge in [-0.15, -0.1) is 0 Å². The van der Waals surface area contributed by atoms with E-state index < -0.39 is 0 Å². The van der Waals surface area contributed by atoms with Gasteiger partial charge >= 0.3 is 0 Å². The fourth-order valence-corrected chi connectivity index (χ4v) is 2.67. The Balaban J connectivity index is 2.45. The summed E-state index contributed by atoms with van der Waals surface area (Å²) in [4.78, 5) is 2.59. The molecule has 0 saturated carbocycles. The Kier molecular flexibility index (Phi) is 4.90. The minimum atomic E-state index is -0.163. The molecule has 1 heterocycles. The average Bonchev–Trinajstić information content (AvgIpc) is 2.16. The zero-order valence-corrected chi connectivity index (χ0v) is 9.87. The summed E-state index contributed by atoms with van der Waals surface area (Å²) >= 11 is 0. The molecule has 2 nitrogen and oxygen atoms in total. The van der Waals surface area contributed by atoms with E-state index in [1.807, 2.05) is 6.92 Å². The molecule has 3 unspecified atom stereocenters. The monoisotopic (exact) mass is 199 g/mol. The molecule has 0 radical (unpaired) electrons. The molecule has 0 aromatic heterocycles. The third-order valence-corrected chi connectivity index (χ3v) is 3.39. The molecule has 1 aliphatic rings. The van der Waals surface area contributed by atoms with E-state index in [1.54, 1.807) is 0 Å². The Labute approximate surface area is 88.3 Å². The van der Waals surface area contributed by atoms with Gasteiger partial charge in [0.1, 0.15) is 0 Å². The van der Waals surface area contributed by atoms with Crippen LogP contribution < -0.4 is 0 Å². The fraction of sp³-hybridized carbons (Fsp3) is 1.00. The summed E-state index contributed by atoms with van der Waals surface area (Å²) in [6, 6.07) is 1.30. The van der Waals surface area contributed by atoms with Gasteiger partial charge in [-0.25, -0.2) is 0 Å². The lowest BCUT2D eigenvalue weighted by Crippen LogP contribution is -2.45. The topological polar surface area (TPSA) is 23.5 Å². The molecule has 0 aromatic rings. The Bertz CT molecular complexity index is 158. The Morgan fingerprint density at radius 1 is 1.36 bits per heavy atom. The number of hydrogen-bond acceptors (Lipinski definition) is 2. The maximum Gasteiger partial charge on any atom is 0.0526 e. The van der Waals surface area contributed by atoms with Crippen molar-refractivity contribution in [1.29, 1.82) is 0 Å². The van der Waals surface area contributed by atoms with Crippen LogP contribution >= 0.6 is 0 Å². The van der Waals surface area contributed by atoms with Crippen LogP contribution in [0, 0.1) is 0 Å². The van der Waals surface area contributed by atoms with Crippen molar-refractivity contribution in [3.63, 3.8) is 0 Å². The van der Waals surface area contributed by atoms with Gasteiger partial charge in [0.2, 0.25) is 0 Å². The van der Waals surface area contributed by atoms with E-state index in [0.717, 1.165) is 12.5 Å². The SMILES string of the molecule is CCC1CCCCN1C(C)CC(C)O. The van der Waals surface area contributed by atoms with E-state index in [9.17, 15) is 5.11 Å². The van der Waals surface area contributed by atoms with E-state index >= 15 is 0 Å². The Morgan fingerprint density at radius 3 is 2.64 bits per heavy atom. The van der Waals surface area contributed by atoms with Gasteiger partial charge < -0.3 is 5.11 Å². The highest BCUT2D eigenvalue weighted by molar-refractivity contribution is 4.80. The molecule has 14 heavy (non-hydrogen) atoms. The lowest BCUT2D eigenvalue weighted by atomic mass is 9.96. The first kappa shape index (κ1) is 12.0. The van der Waals surface area contributed by atoms with Crippen molar-refractivity contribution in [2.24, 2.45) is 0 Å². The second-order valence-electron chi connectivity index (χ2n) is 4.73. The molecule has 1 fully saturated rings. The third kappa shape index (κ3) is 3.25. The fourth-order valence-electron chi connectivity index (χ4n) is 2.67. The summed E-state index contributed by atoms with van der Waals surface area (Å²) in [5, 5.41) is 9.39. The highest BCUT2D eigenvalue weighted by atomic mass is 16.3. The number of likely N-dealkylation sites (tertiary alicyclic amines) is 1. The predicted octanol–water partition coefficient (Wildman–Crippen LogP) is 2.41. The van der Waals surface area contributed by atoms with Crippen LogP contribution in [0.25, 0.3) is 0 Å². The van der Waals surface area contributed by atoms with Crippen LogP contribution in [0.5, 0.6) is 0 Å². The molecule has 1 rings (SSSR count). The quantitative estimate of drug-likeness (QED) is 0.751.